The summed E-state index contributed by atoms with van der Waals surface area (Å²) in [7, 11) is 1.71. The minimum Gasteiger partial charge on any atom is -0.496 e. The first kappa shape index (κ1) is 13.4. The van der Waals surface area contributed by atoms with Gasteiger partial charge in [-0.25, -0.2) is 0 Å². The van der Waals surface area contributed by atoms with E-state index < -0.39 is 0 Å². The van der Waals surface area contributed by atoms with Crippen LogP contribution in [0.3, 0.4) is 0 Å². The van der Waals surface area contributed by atoms with Crippen molar-refractivity contribution in [3.8, 4) is 5.75 Å². The van der Waals surface area contributed by atoms with Crippen molar-refractivity contribution in [3.63, 3.8) is 0 Å². The van der Waals surface area contributed by atoms with Gasteiger partial charge in [-0.1, -0.05) is 25.5 Å². The Morgan fingerprint density at radius 2 is 2.28 bits per heavy atom. The zero-order valence-corrected chi connectivity index (χ0v) is 11.4. The first-order chi connectivity index (χ1) is 8.76. The van der Waals surface area contributed by atoms with Crippen LogP contribution in [0.4, 0.5) is 0 Å². The molecular formula is C15H24N2O. The van der Waals surface area contributed by atoms with Crippen LogP contribution in [0, 0.1) is 0 Å². The van der Waals surface area contributed by atoms with Crippen LogP contribution in [-0.2, 0) is 6.42 Å². The predicted octanol–water partition coefficient (Wildman–Crippen LogP) is 2.40. The van der Waals surface area contributed by atoms with Crippen LogP contribution < -0.4 is 15.8 Å². The van der Waals surface area contributed by atoms with Crippen LogP contribution >= 0.6 is 0 Å². The molecule has 0 amide bonds. The van der Waals surface area contributed by atoms with E-state index in [9.17, 15) is 0 Å². The summed E-state index contributed by atoms with van der Waals surface area (Å²) in [4.78, 5) is 0. The number of rotatable bonds is 4. The monoisotopic (exact) mass is 248 g/mol. The van der Waals surface area contributed by atoms with Crippen molar-refractivity contribution in [2.45, 2.75) is 44.7 Å². The van der Waals surface area contributed by atoms with E-state index in [-0.39, 0.29) is 6.04 Å². The van der Waals surface area contributed by atoms with Crippen molar-refractivity contribution in [2.75, 3.05) is 13.7 Å². The van der Waals surface area contributed by atoms with E-state index in [4.69, 9.17) is 10.5 Å². The van der Waals surface area contributed by atoms with Crippen molar-refractivity contribution in [1.82, 2.24) is 5.32 Å². The molecule has 100 valence electrons. The van der Waals surface area contributed by atoms with Crippen molar-refractivity contribution >= 4 is 0 Å². The van der Waals surface area contributed by atoms with Gasteiger partial charge in [-0.15, -0.1) is 0 Å². The lowest BCUT2D eigenvalue weighted by molar-refractivity contribution is 0.342. The summed E-state index contributed by atoms with van der Waals surface area (Å²) in [5, 5.41) is 3.53. The molecule has 3 N–H and O–H groups in total. The van der Waals surface area contributed by atoms with Crippen molar-refractivity contribution in [1.29, 1.82) is 0 Å². The maximum Gasteiger partial charge on any atom is 0.123 e. The summed E-state index contributed by atoms with van der Waals surface area (Å²) >= 11 is 0. The molecule has 1 aliphatic rings. The number of hydrogen-bond acceptors (Lipinski definition) is 3. The smallest absolute Gasteiger partial charge is 0.123 e. The number of methoxy groups -OCH3 is 1. The van der Waals surface area contributed by atoms with Gasteiger partial charge in [0.15, 0.2) is 0 Å². The third-order valence-corrected chi connectivity index (χ3v) is 3.84. The summed E-state index contributed by atoms with van der Waals surface area (Å²) in [6.07, 6.45) is 4.71. The third kappa shape index (κ3) is 2.85. The fourth-order valence-electron chi connectivity index (χ4n) is 2.67. The lowest BCUT2D eigenvalue weighted by Crippen LogP contribution is -2.42. The number of aryl methyl sites for hydroxylation is 1. The molecule has 1 aromatic rings. The number of hydrogen-bond donors (Lipinski definition) is 2. The maximum atomic E-state index is 6.43. The van der Waals surface area contributed by atoms with Gasteiger partial charge in [0.2, 0.25) is 0 Å². The third-order valence-electron chi connectivity index (χ3n) is 3.84. The molecule has 3 heteroatoms. The molecule has 0 spiro atoms. The fraction of sp³-hybridized carbons (Fsp3) is 0.600. The number of benzene rings is 1. The molecule has 2 atom stereocenters. The average molecular weight is 248 g/mol. The van der Waals surface area contributed by atoms with Gasteiger partial charge in [0.1, 0.15) is 5.75 Å². The molecular weight excluding hydrogens is 224 g/mol. The van der Waals surface area contributed by atoms with Crippen LogP contribution in [0.5, 0.6) is 5.75 Å². The van der Waals surface area contributed by atoms with Gasteiger partial charge in [-0.3, -0.25) is 0 Å². The lowest BCUT2D eigenvalue weighted by atomic mass is 9.91. The zero-order chi connectivity index (χ0) is 13.0. The van der Waals surface area contributed by atoms with Crippen LogP contribution in [0.25, 0.3) is 0 Å². The standard InChI is InChI=1S/C15H24N2O/c1-3-11-7-8-14(18-2)12(10-11)15(16)13-6-4-5-9-17-13/h7-8,10,13,15,17H,3-6,9,16H2,1-2H3. The first-order valence-corrected chi connectivity index (χ1v) is 6.92. The molecule has 1 heterocycles. The Balaban J connectivity index is 2.23. The number of piperidine rings is 1. The van der Waals surface area contributed by atoms with Crippen LogP contribution in [-0.4, -0.2) is 19.7 Å². The minimum absolute atomic E-state index is 0.0201. The van der Waals surface area contributed by atoms with Gasteiger partial charge < -0.3 is 15.8 Å². The van der Waals surface area contributed by atoms with Gasteiger partial charge in [-0.05, 0) is 37.4 Å². The molecule has 0 aromatic heterocycles. The zero-order valence-electron chi connectivity index (χ0n) is 11.4. The highest BCUT2D eigenvalue weighted by molar-refractivity contribution is 5.40. The highest BCUT2D eigenvalue weighted by atomic mass is 16.5. The second kappa shape index (κ2) is 6.21. The summed E-state index contributed by atoms with van der Waals surface area (Å²) in [5.74, 6) is 0.909. The van der Waals surface area contributed by atoms with Crippen LogP contribution in [0.15, 0.2) is 18.2 Å². The summed E-state index contributed by atoms with van der Waals surface area (Å²) in [6.45, 7) is 3.24. The molecule has 0 radical (unpaired) electrons. The molecule has 1 aromatic carbocycles. The van der Waals surface area contributed by atoms with E-state index in [0.717, 1.165) is 30.7 Å². The van der Waals surface area contributed by atoms with Crippen LogP contribution in [0.1, 0.15) is 43.4 Å². The van der Waals surface area contributed by atoms with Gasteiger partial charge in [0, 0.05) is 17.6 Å². The van der Waals surface area contributed by atoms with Gasteiger partial charge in [0.05, 0.1) is 7.11 Å². The molecule has 0 bridgehead atoms. The Morgan fingerprint density at radius 3 is 2.89 bits per heavy atom. The summed E-state index contributed by atoms with van der Waals surface area (Å²) < 4.78 is 5.45. The molecule has 0 aliphatic carbocycles. The Kier molecular flexibility index (Phi) is 4.61. The van der Waals surface area contributed by atoms with E-state index in [0.29, 0.717) is 6.04 Å². The van der Waals surface area contributed by atoms with Crippen molar-refractivity contribution in [2.24, 2.45) is 5.73 Å². The summed E-state index contributed by atoms with van der Waals surface area (Å²) in [5.41, 5.74) is 8.88. The van der Waals surface area contributed by atoms with Crippen LogP contribution in [0.2, 0.25) is 0 Å². The van der Waals surface area contributed by atoms with E-state index in [1.165, 1.54) is 18.4 Å². The highest BCUT2D eigenvalue weighted by Gasteiger charge is 2.23. The normalized spacial score (nSPS) is 21.6. The Morgan fingerprint density at radius 1 is 1.44 bits per heavy atom. The molecule has 0 saturated carbocycles. The molecule has 3 nitrogen and oxygen atoms in total. The molecule has 2 rings (SSSR count). The maximum absolute atomic E-state index is 6.43. The van der Waals surface area contributed by atoms with E-state index in [1.807, 2.05) is 6.07 Å². The molecule has 1 aliphatic heterocycles. The quantitative estimate of drug-likeness (QED) is 0.860. The second-order valence-corrected chi connectivity index (χ2v) is 5.01. The van der Waals surface area contributed by atoms with Gasteiger partial charge in [-0.2, -0.15) is 0 Å². The van der Waals surface area contributed by atoms with E-state index >= 15 is 0 Å². The Hall–Kier alpha value is -1.06. The van der Waals surface area contributed by atoms with Crippen molar-refractivity contribution < 1.29 is 4.74 Å². The van der Waals surface area contributed by atoms with Gasteiger partial charge >= 0.3 is 0 Å². The summed E-state index contributed by atoms with van der Waals surface area (Å²) in [6, 6.07) is 6.74. The largest absolute Gasteiger partial charge is 0.496 e. The number of nitrogens with two attached hydrogens (primary N) is 1. The predicted molar refractivity (Wildman–Crippen MR) is 74.9 cm³/mol. The average Bonchev–Trinajstić information content (AvgIpc) is 2.46. The molecule has 2 unspecified atom stereocenters. The molecule has 1 fully saturated rings. The first-order valence-electron chi connectivity index (χ1n) is 6.92. The highest BCUT2D eigenvalue weighted by Crippen LogP contribution is 2.29. The Labute approximate surface area is 110 Å². The van der Waals surface area contributed by atoms with Crippen molar-refractivity contribution in [3.05, 3.63) is 29.3 Å². The SMILES string of the molecule is CCc1ccc(OC)c(C(N)C2CCCCN2)c1. The topological polar surface area (TPSA) is 47.3 Å². The molecule has 18 heavy (non-hydrogen) atoms. The lowest BCUT2D eigenvalue weighted by Gasteiger charge is -2.30. The molecule has 1 saturated heterocycles. The van der Waals surface area contributed by atoms with E-state index in [1.54, 1.807) is 7.11 Å². The second-order valence-electron chi connectivity index (χ2n) is 5.01. The number of ether oxygens (including phenoxy) is 1. The Bertz CT molecular complexity index is 386. The number of nitrogens with one attached hydrogen (secondary N) is 1. The van der Waals surface area contributed by atoms with E-state index in [2.05, 4.69) is 24.4 Å². The van der Waals surface area contributed by atoms with Gasteiger partial charge in [0.25, 0.3) is 0 Å². The fourth-order valence-corrected chi connectivity index (χ4v) is 2.67. The minimum atomic E-state index is 0.0201.